The highest BCUT2D eigenvalue weighted by Gasteiger charge is 2.24. The second-order valence-corrected chi connectivity index (χ2v) is 6.21. The summed E-state index contributed by atoms with van der Waals surface area (Å²) in [5.41, 5.74) is 7.00. The van der Waals surface area contributed by atoms with Gasteiger partial charge in [-0.05, 0) is 13.8 Å². The van der Waals surface area contributed by atoms with Crippen molar-refractivity contribution >= 4 is 26.5 Å². The first-order valence-electron chi connectivity index (χ1n) is 5.13. The van der Waals surface area contributed by atoms with Crippen LogP contribution in [0, 0.1) is 13.8 Å². The Bertz CT molecular complexity index is 658. The highest BCUT2D eigenvalue weighted by molar-refractivity contribution is 7.93. The highest BCUT2D eigenvalue weighted by atomic mass is 32.2. The Morgan fingerprint density at radius 3 is 2.78 bits per heavy atom. The summed E-state index contributed by atoms with van der Waals surface area (Å²) in [6, 6.07) is 0. The first kappa shape index (κ1) is 13.0. The van der Waals surface area contributed by atoms with E-state index in [9.17, 15) is 8.42 Å². The molecule has 0 spiro atoms. The van der Waals surface area contributed by atoms with Gasteiger partial charge in [0.05, 0.1) is 17.1 Å². The van der Waals surface area contributed by atoms with Gasteiger partial charge in [-0.3, -0.25) is 9.82 Å². The van der Waals surface area contributed by atoms with Gasteiger partial charge in [0, 0.05) is 11.9 Å². The SMILES string of the molecule is Cc1csc(NS(=O)(=O)c2c(CN)n[nH]c2C)n1. The number of aromatic amines is 1. The second-order valence-electron chi connectivity index (χ2n) is 3.73. The predicted molar refractivity (Wildman–Crippen MR) is 68.9 cm³/mol. The smallest absolute Gasteiger partial charge is 0.267 e. The van der Waals surface area contributed by atoms with Crippen molar-refractivity contribution in [2.75, 3.05) is 4.72 Å². The molecule has 0 aliphatic heterocycles. The van der Waals surface area contributed by atoms with Crippen LogP contribution in [-0.2, 0) is 16.6 Å². The summed E-state index contributed by atoms with van der Waals surface area (Å²) in [4.78, 5) is 4.15. The van der Waals surface area contributed by atoms with Crippen LogP contribution >= 0.6 is 11.3 Å². The van der Waals surface area contributed by atoms with Gasteiger partial charge in [-0.25, -0.2) is 13.4 Å². The molecular weight excluding hydrogens is 274 g/mol. The van der Waals surface area contributed by atoms with Crippen molar-refractivity contribution in [1.82, 2.24) is 15.2 Å². The monoisotopic (exact) mass is 287 g/mol. The lowest BCUT2D eigenvalue weighted by atomic mass is 10.4. The first-order chi connectivity index (χ1) is 8.44. The summed E-state index contributed by atoms with van der Waals surface area (Å²) in [5, 5.41) is 8.58. The fourth-order valence-corrected chi connectivity index (χ4v) is 3.85. The molecule has 2 rings (SSSR count). The van der Waals surface area contributed by atoms with Crippen LogP contribution in [0.15, 0.2) is 10.3 Å². The Balaban J connectivity index is 2.39. The summed E-state index contributed by atoms with van der Waals surface area (Å²) in [7, 11) is -3.71. The fraction of sp³-hybridized carbons (Fsp3) is 0.333. The molecule has 0 amide bonds. The van der Waals surface area contributed by atoms with Crippen LogP contribution in [0.25, 0.3) is 0 Å². The summed E-state index contributed by atoms with van der Waals surface area (Å²) >= 11 is 1.23. The van der Waals surface area contributed by atoms with Crippen LogP contribution in [0.5, 0.6) is 0 Å². The van der Waals surface area contributed by atoms with E-state index >= 15 is 0 Å². The van der Waals surface area contributed by atoms with Crippen LogP contribution in [0.4, 0.5) is 5.13 Å². The van der Waals surface area contributed by atoms with E-state index in [1.54, 1.807) is 19.2 Å². The average molecular weight is 287 g/mol. The van der Waals surface area contributed by atoms with Crippen LogP contribution in [0.3, 0.4) is 0 Å². The maximum absolute atomic E-state index is 12.2. The molecule has 2 aromatic rings. The van der Waals surface area contributed by atoms with Gasteiger partial charge in [-0.15, -0.1) is 11.3 Å². The van der Waals surface area contributed by atoms with Gasteiger partial charge in [0.2, 0.25) is 0 Å². The van der Waals surface area contributed by atoms with Crippen molar-refractivity contribution in [2.45, 2.75) is 25.3 Å². The van der Waals surface area contributed by atoms with Crippen molar-refractivity contribution in [3.05, 3.63) is 22.5 Å². The summed E-state index contributed by atoms with van der Waals surface area (Å²) in [6.45, 7) is 3.48. The summed E-state index contributed by atoms with van der Waals surface area (Å²) in [6.07, 6.45) is 0. The van der Waals surface area contributed by atoms with E-state index in [-0.39, 0.29) is 11.4 Å². The average Bonchev–Trinajstić information content (AvgIpc) is 2.84. The number of aryl methyl sites for hydroxylation is 2. The summed E-state index contributed by atoms with van der Waals surface area (Å²) in [5.74, 6) is 0. The van der Waals surface area contributed by atoms with E-state index < -0.39 is 10.0 Å². The standard InChI is InChI=1S/C9H13N5O2S2/c1-5-4-17-9(11-5)14-18(15,16)8-6(2)12-13-7(8)3-10/h4H,3,10H2,1-2H3,(H,11,14)(H,12,13). The molecule has 7 nitrogen and oxygen atoms in total. The Morgan fingerprint density at radius 1 is 1.50 bits per heavy atom. The molecule has 0 bridgehead atoms. The number of nitrogens with zero attached hydrogens (tertiary/aromatic N) is 2. The topological polar surface area (TPSA) is 114 Å². The van der Waals surface area contributed by atoms with Gasteiger partial charge < -0.3 is 5.73 Å². The number of nitrogens with one attached hydrogen (secondary N) is 2. The molecule has 0 fully saturated rings. The number of hydrogen-bond donors (Lipinski definition) is 3. The zero-order valence-electron chi connectivity index (χ0n) is 9.89. The Morgan fingerprint density at radius 2 is 2.22 bits per heavy atom. The Kier molecular flexibility index (Phi) is 3.37. The highest BCUT2D eigenvalue weighted by Crippen LogP contribution is 2.23. The van der Waals surface area contributed by atoms with Gasteiger partial charge in [-0.1, -0.05) is 0 Å². The Labute approximate surface area is 108 Å². The molecule has 2 heterocycles. The van der Waals surface area contributed by atoms with Crippen molar-refractivity contribution in [3.8, 4) is 0 Å². The van der Waals surface area contributed by atoms with Gasteiger partial charge in [0.15, 0.2) is 5.13 Å². The molecule has 9 heteroatoms. The van der Waals surface area contributed by atoms with Gasteiger partial charge in [0.1, 0.15) is 4.90 Å². The molecule has 0 aliphatic carbocycles. The van der Waals surface area contributed by atoms with Gasteiger partial charge in [0.25, 0.3) is 10.0 Å². The normalized spacial score (nSPS) is 11.7. The lowest BCUT2D eigenvalue weighted by Crippen LogP contribution is -2.16. The molecular formula is C9H13N5O2S2. The zero-order valence-corrected chi connectivity index (χ0v) is 11.5. The van der Waals surface area contributed by atoms with E-state index in [4.69, 9.17) is 5.73 Å². The van der Waals surface area contributed by atoms with Crippen molar-refractivity contribution < 1.29 is 8.42 Å². The molecule has 18 heavy (non-hydrogen) atoms. The molecule has 0 radical (unpaired) electrons. The van der Waals surface area contributed by atoms with Gasteiger partial charge in [-0.2, -0.15) is 5.10 Å². The van der Waals surface area contributed by atoms with Gasteiger partial charge >= 0.3 is 0 Å². The van der Waals surface area contributed by atoms with Crippen LogP contribution < -0.4 is 10.5 Å². The minimum absolute atomic E-state index is 0.0531. The number of rotatable bonds is 4. The molecule has 0 saturated heterocycles. The second kappa shape index (κ2) is 4.67. The number of aromatic nitrogens is 3. The first-order valence-corrected chi connectivity index (χ1v) is 7.49. The van der Waals surface area contributed by atoms with E-state index in [0.717, 1.165) is 5.69 Å². The van der Waals surface area contributed by atoms with Crippen LogP contribution in [-0.4, -0.2) is 23.6 Å². The molecule has 0 aliphatic rings. The quantitative estimate of drug-likeness (QED) is 0.767. The number of hydrogen-bond acceptors (Lipinski definition) is 6. The lowest BCUT2D eigenvalue weighted by molar-refractivity contribution is 0.599. The maximum atomic E-state index is 12.2. The van der Waals surface area contributed by atoms with Crippen molar-refractivity contribution in [1.29, 1.82) is 0 Å². The van der Waals surface area contributed by atoms with Crippen LogP contribution in [0.2, 0.25) is 0 Å². The molecule has 0 atom stereocenters. The number of anilines is 1. The lowest BCUT2D eigenvalue weighted by Gasteiger charge is -2.05. The van der Waals surface area contributed by atoms with Crippen LogP contribution in [0.1, 0.15) is 17.1 Å². The summed E-state index contributed by atoms with van der Waals surface area (Å²) < 4.78 is 26.8. The zero-order chi connectivity index (χ0) is 13.3. The molecule has 0 unspecified atom stereocenters. The molecule has 4 N–H and O–H groups in total. The van der Waals surface area contributed by atoms with E-state index in [1.807, 2.05) is 0 Å². The third-order valence-corrected chi connectivity index (χ3v) is 4.81. The van der Waals surface area contributed by atoms with E-state index in [2.05, 4.69) is 19.9 Å². The fourth-order valence-electron chi connectivity index (χ4n) is 1.53. The van der Waals surface area contributed by atoms with Crippen molar-refractivity contribution in [3.63, 3.8) is 0 Å². The molecule has 2 aromatic heterocycles. The third kappa shape index (κ3) is 2.37. The van der Waals surface area contributed by atoms with E-state index in [0.29, 0.717) is 16.5 Å². The number of H-pyrrole nitrogens is 1. The molecule has 0 aromatic carbocycles. The Hall–Kier alpha value is -1.45. The third-order valence-electron chi connectivity index (χ3n) is 2.26. The number of thiazole rings is 1. The number of nitrogens with two attached hydrogens (primary N) is 1. The largest absolute Gasteiger partial charge is 0.325 e. The minimum atomic E-state index is -3.71. The maximum Gasteiger partial charge on any atom is 0.267 e. The minimum Gasteiger partial charge on any atom is -0.325 e. The van der Waals surface area contributed by atoms with Crippen molar-refractivity contribution in [2.24, 2.45) is 5.73 Å². The number of sulfonamides is 1. The molecule has 0 saturated carbocycles. The predicted octanol–water partition coefficient (Wildman–Crippen LogP) is 0.743. The van der Waals surface area contributed by atoms with E-state index in [1.165, 1.54) is 11.3 Å². The molecule has 98 valence electrons.